The Bertz CT molecular complexity index is 694. The Balaban J connectivity index is 1.51. The van der Waals surface area contributed by atoms with Crippen molar-refractivity contribution in [3.05, 3.63) is 34.5 Å². The molecule has 1 saturated heterocycles. The molecule has 27 heavy (non-hydrogen) atoms. The van der Waals surface area contributed by atoms with E-state index < -0.39 is 0 Å². The van der Waals surface area contributed by atoms with Crippen molar-refractivity contribution < 1.29 is 4.74 Å². The van der Waals surface area contributed by atoms with Crippen LogP contribution in [-0.4, -0.2) is 72.1 Å². The van der Waals surface area contributed by atoms with Gasteiger partial charge < -0.3 is 19.9 Å². The number of thiophene rings is 1. The molecular formula is C18H29N7OS. The van der Waals surface area contributed by atoms with E-state index in [-0.39, 0.29) is 0 Å². The Kier molecular flexibility index (Phi) is 7.61. The average molecular weight is 392 g/mol. The predicted octanol–water partition coefficient (Wildman–Crippen LogP) is 1.14. The van der Waals surface area contributed by atoms with Crippen molar-refractivity contribution in [1.82, 2.24) is 30.3 Å². The highest BCUT2D eigenvalue weighted by atomic mass is 32.1. The van der Waals surface area contributed by atoms with E-state index in [2.05, 4.69) is 59.7 Å². The summed E-state index contributed by atoms with van der Waals surface area (Å²) in [5.74, 6) is 1.82. The standard InChI is InChI=1S/C18H29N7OS/c1-3-17-23-22-14-25(17)7-6-20-18(19-2)21-13-15(16-5-4-12-27-16)24-8-10-26-11-9-24/h4-5,12,14-15H,3,6-11,13H2,1-2H3,(H2,19,20,21). The lowest BCUT2D eigenvalue weighted by Crippen LogP contribution is -2.46. The highest BCUT2D eigenvalue weighted by molar-refractivity contribution is 7.10. The van der Waals surface area contributed by atoms with E-state index in [1.54, 1.807) is 24.7 Å². The van der Waals surface area contributed by atoms with Gasteiger partial charge in [-0.25, -0.2) is 0 Å². The lowest BCUT2D eigenvalue weighted by atomic mass is 10.2. The van der Waals surface area contributed by atoms with Crippen molar-refractivity contribution in [3.63, 3.8) is 0 Å². The molecule has 0 radical (unpaired) electrons. The minimum absolute atomic E-state index is 0.331. The molecule has 0 amide bonds. The zero-order valence-electron chi connectivity index (χ0n) is 16.1. The van der Waals surface area contributed by atoms with Gasteiger partial charge in [0.15, 0.2) is 5.96 Å². The van der Waals surface area contributed by atoms with Gasteiger partial charge in [-0.15, -0.1) is 21.5 Å². The van der Waals surface area contributed by atoms with Gasteiger partial charge in [-0.2, -0.15) is 0 Å². The van der Waals surface area contributed by atoms with Gasteiger partial charge in [0.1, 0.15) is 12.2 Å². The maximum Gasteiger partial charge on any atom is 0.191 e. The Hall–Kier alpha value is -1.97. The van der Waals surface area contributed by atoms with Crippen LogP contribution >= 0.6 is 11.3 Å². The topological polar surface area (TPSA) is 79.6 Å². The number of aliphatic imine (C=N–C) groups is 1. The highest BCUT2D eigenvalue weighted by Gasteiger charge is 2.23. The smallest absolute Gasteiger partial charge is 0.191 e. The summed E-state index contributed by atoms with van der Waals surface area (Å²) in [7, 11) is 1.81. The largest absolute Gasteiger partial charge is 0.379 e. The van der Waals surface area contributed by atoms with Gasteiger partial charge in [0.25, 0.3) is 0 Å². The van der Waals surface area contributed by atoms with Crippen molar-refractivity contribution in [3.8, 4) is 0 Å². The Labute approximate surface area is 164 Å². The molecule has 0 saturated carbocycles. The van der Waals surface area contributed by atoms with Crippen LogP contribution in [0.5, 0.6) is 0 Å². The summed E-state index contributed by atoms with van der Waals surface area (Å²) < 4.78 is 7.59. The van der Waals surface area contributed by atoms with Crippen LogP contribution in [0, 0.1) is 0 Å². The van der Waals surface area contributed by atoms with Crippen LogP contribution in [0.15, 0.2) is 28.8 Å². The quantitative estimate of drug-likeness (QED) is 0.519. The number of ether oxygens (including phenoxy) is 1. The number of guanidine groups is 1. The van der Waals surface area contributed by atoms with Crippen LogP contribution in [0.4, 0.5) is 0 Å². The highest BCUT2D eigenvalue weighted by Crippen LogP contribution is 2.25. The fourth-order valence-electron chi connectivity index (χ4n) is 3.23. The number of hydrogen-bond donors (Lipinski definition) is 2. The van der Waals surface area contributed by atoms with Gasteiger partial charge in [-0.3, -0.25) is 9.89 Å². The molecule has 2 aromatic rings. The number of aromatic nitrogens is 3. The third-order valence-electron chi connectivity index (χ3n) is 4.70. The molecule has 3 rings (SSSR count). The first-order chi connectivity index (χ1) is 13.3. The first-order valence-electron chi connectivity index (χ1n) is 9.48. The SMILES string of the molecule is CCc1nncn1CCNC(=NC)NCC(c1cccs1)N1CCOCC1. The zero-order valence-corrected chi connectivity index (χ0v) is 16.9. The second-order valence-corrected chi connectivity index (χ2v) is 7.33. The molecular weight excluding hydrogens is 362 g/mol. The molecule has 1 aliphatic rings. The Morgan fingerprint density at radius 1 is 1.37 bits per heavy atom. The monoisotopic (exact) mass is 391 g/mol. The summed E-state index contributed by atoms with van der Waals surface area (Å²) in [5, 5.41) is 17.1. The first-order valence-corrected chi connectivity index (χ1v) is 10.4. The van der Waals surface area contributed by atoms with Crippen molar-refractivity contribution >= 4 is 17.3 Å². The van der Waals surface area contributed by atoms with Crippen LogP contribution in [0.1, 0.15) is 23.7 Å². The number of morpholine rings is 1. The molecule has 2 aromatic heterocycles. The maximum atomic E-state index is 5.51. The van der Waals surface area contributed by atoms with E-state index in [4.69, 9.17) is 4.74 Å². The van der Waals surface area contributed by atoms with Gasteiger partial charge in [-0.05, 0) is 11.4 Å². The van der Waals surface area contributed by atoms with Crippen LogP contribution in [0.3, 0.4) is 0 Å². The lowest BCUT2D eigenvalue weighted by molar-refractivity contribution is 0.0177. The Morgan fingerprint density at radius 2 is 2.22 bits per heavy atom. The number of rotatable bonds is 8. The van der Waals surface area contributed by atoms with E-state index in [1.807, 2.05) is 0 Å². The summed E-state index contributed by atoms with van der Waals surface area (Å²) in [6, 6.07) is 4.66. The van der Waals surface area contributed by atoms with Gasteiger partial charge in [0.05, 0.1) is 19.3 Å². The molecule has 1 aliphatic heterocycles. The van der Waals surface area contributed by atoms with E-state index in [0.29, 0.717) is 6.04 Å². The third-order valence-corrected chi connectivity index (χ3v) is 5.68. The summed E-state index contributed by atoms with van der Waals surface area (Å²) in [6.45, 7) is 8.01. The van der Waals surface area contributed by atoms with Gasteiger partial charge in [0.2, 0.25) is 0 Å². The van der Waals surface area contributed by atoms with Crippen molar-refractivity contribution in [2.45, 2.75) is 25.9 Å². The van der Waals surface area contributed by atoms with Gasteiger partial charge in [-0.1, -0.05) is 13.0 Å². The molecule has 148 valence electrons. The molecule has 0 bridgehead atoms. The van der Waals surface area contributed by atoms with Crippen molar-refractivity contribution in [1.29, 1.82) is 0 Å². The van der Waals surface area contributed by atoms with Crippen LogP contribution in [0.25, 0.3) is 0 Å². The third kappa shape index (κ3) is 5.50. The molecule has 9 heteroatoms. The normalized spacial score (nSPS) is 17.0. The van der Waals surface area contributed by atoms with E-state index in [9.17, 15) is 0 Å². The lowest BCUT2D eigenvalue weighted by Gasteiger charge is -2.34. The van der Waals surface area contributed by atoms with Crippen LogP contribution in [-0.2, 0) is 17.7 Å². The molecule has 0 aromatic carbocycles. The van der Waals surface area contributed by atoms with Crippen LogP contribution < -0.4 is 10.6 Å². The van der Waals surface area contributed by atoms with Gasteiger partial charge in [0, 0.05) is 51.1 Å². The minimum atomic E-state index is 0.331. The number of aryl methyl sites for hydroxylation is 1. The molecule has 1 atom stereocenters. The molecule has 0 spiro atoms. The molecule has 3 heterocycles. The molecule has 1 fully saturated rings. The minimum Gasteiger partial charge on any atom is -0.379 e. The summed E-state index contributed by atoms with van der Waals surface area (Å²) >= 11 is 1.80. The van der Waals surface area contributed by atoms with E-state index in [0.717, 1.165) is 64.1 Å². The fraction of sp³-hybridized carbons (Fsp3) is 0.611. The molecule has 0 aliphatic carbocycles. The zero-order chi connectivity index (χ0) is 18.9. The number of hydrogen-bond acceptors (Lipinski definition) is 6. The average Bonchev–Trinajstić information content (AvgIpc) is 3.39. The number of nitrogens with zero attached hydrogens (tertiary/aromatic N) is 5. The van der Waals surface area contributed by atoms with E-state index in [1.165, 1.54) is 4.88 Å². The summed E-state index contributed by atoms with van der Waals surface area (Å²) in [4.78, 5) is 8.22. The first kappa shape index (κ1) is 19.8. The van der Waals surface area contributed by atoms with Crippen molar-refractivity contribution in [2.24, 2.45) is 4.99 Å². The Morgan fingerprint density at radius 3 is 2.93 bits per heavy atom. The summed E-state index contributed by atoms with van der Waals surface area (Å²) in [5.41, 5.74) is 0. The van der Waals surface area contributed by atoms with Crippen LogP contribution in [0.2, 0.25) is 0 Å². The molecule has 2 N–H and O–H groups in total. The fourth-order valence-corrected chi connectivity index (χ4v) is 4.09. The summed E-state index contributed by atoms with van der Waals surface area (Å²) in [6.07, 6.45) is 2.66. The second-order valence-electron chi connectivity index (χ2n) is 6.35. The second kappa shape index (κ2) is 10.4. The molecule has 1 unspecified atom stereocenters. The number of nitrogens with one attached hydrogen (secondary N) is 2. The van der Waals surface area contributed by atoms with E-state index >= 15 is 0 Å². The van der Waals surface area contributed by atoms with Gasteiger partial charge >= 0.3 is 0 Å². The predicted molar refractivity (Wildman–Crippen MR) is 108 cm³/mol. The maximum absolute atomic E-state index is 5.51. The molecule has 8 nitrogen and oxygen atoms in total. The van der Waals surface area contributed by atoms with Crippen molar-refractivity contribution in [2.75, 3.05) is 46.4 Å².